The molecule has 0 aromatic heterocycles. The normalized spacial score (nSPS) is 13.6. The molecule has 0 radical (unpaired) electrons. The van der Waals surface area contributed by atoms with Gasteiger partial charge in [0.1, 0.15) is 0 Å². The molecular formula is C30H22N4O3. The van der Waals surface area contributed by atoms with Crippen molar-refractivity contribution in [3.63, 3.8) is 0 Å². The third-order valence-corrected chi connectivity index (χ3v) is 6.78. The van der Waals surface area contributed by atoms with Crippen LogP contribution in [-0.2, 0) is 6.42 Å². The van der Waals surface area contributed by atoms with E-state index >= 15 is 0 Å². The van der Waals surface area contributed by atoms with Crippen molar-refractivity contribution in [2.24, 2.45) is 11.5 Å². The minimum atomic E-state index is -0.655. The van der Waals surface area contributed by atoms with Crippen molar-refractivity contribution in [3.05, 3.63) is 107 Å². The molecule has 2 aliphatic heterocycles. The van der Waals surface area contributed by atoms with Gasteiger partial charge in [-0.3, -0.25) is 14.6 Å². The first-order valence-corrected chi connectivity index (χ1v) is 11.8. The average Bonchev–Trinajstić information content (AvgIpc) is 3.13. The van der Waals surface area contributed by atoms with Gasteiger partial charge in [0.25, 0.3) is 0 Å². The van der Waals surface area contributed by atoms with Crippen molar-refractivity contribution in [2.75, 3.05) is 9.80 Å². The number of urea groups is 2. The summed E-state index contributed by atoms with van der Waals surface area (Å²) in [7, 11) is 0. The minimum absolute atomic E-state index is 0.0990. The molecule has 180 valence electrons. The highest BCUT2D eigenvalue weighted by molar-refractivity contribution is 6.12. The lowest BCUT2D eigenvalue weighted by Gasteiger charge is -2.24. The fraction of sp³-hybridized carbons (Fsp3) is 0.0333. The van der Waals surface area contributed by atoms with E-state index in [9.17, 15) is 14.4 Å². The summed E-state index contributed by atoms with van der Waals surface area (Å²) >= 11 is 0. The van der Waals surface area contributed by atoms with Gasteiger partial charge in [0.2, 0.25) is 0 Å². The molecule has 0 bridgehead atoms. The van der Waals surface area contributed by atoms with Crippen LogP contribution in [0.25, 0.3) is 23.3 Å². The van der Waals surface area contributed by atoms with Crippen LogP contribution in [0.3, 0.4) is 0 Å². The summed E-state index contributed by atoms with van der Waals surface area (Å²) in [6.45, 7) is 0. The van der Waals surface area contributed by atoms with Gasteiger partial charge in [-0.25, -0.2) is 9.59 Å². The van der Waals surface area contributed by atoms with E-state index in [4.69, 9.17) is 11.5 Å². The minimum Gasteiger partial charge on any atom is -0.351 e. The van der Waals surface area contributed by atoms with E-state index < -0.39 is 12.1 Å². The second-order valence-electron chi connectivity index (χ2n) is 8.97. The van der Waals surface area contributed by atoms with Gasteiger partial charge in [-0.05, 0) is 64.2 Å². The van der Waals surface area contributed by atoms with Crippen LogP contribution < -0.4 is 21.3 Å². The summed E-state index contributed by atoms with van der Waals surface area (Å²) in [5.41, 5.74) is 18.5. The van der Waals surface area contributed by atoms with Crippen LogP contribution in [0.5, 0.6) is 0 Å². The van der Waals surface area contributed by atoms with Gasteiger partial charge in [0.15, 0.2) is 5.78 Å². The topological polar surface area (TPSA) is 110 Å². The van der Waals surface area contributed by atoms with Gasteiger partial charge in [-0.15, -0.1) is 0 Å². The van der Waals surface area contributed by atoms with E-state index in [2.05, 4.69) is 0 Å². The predicted molar refractivity (Wildman–Crippen MR) is 145 cm³/mol. The SMILES string of the molecule is NC(=O)N1c2ccccc2C=Cc2cc(-c3ccc4c(c3)C(=O)Cc3ccccc3N4C(N)=O)ccc21. The number of benzene rings is 4. The van der Waals surface area contributed by atoms with Crippen LogP contribution in [-0.4, -0.2) is 17.8 Å². The van der Waals surface area contributed by atoms with E-state index in [1.165, 1.54) is 9.80 Å². The average molecular weight is 487 g/mol. The number of nitrogens with two attached hydrogens (primary N) is 2. The fourth-order valence-corrected chi connectivity index (χ4v) is 5.10. The summed E-state index contributed by atoms with van der Waals surface area (Å²) < 4.78 is 0. The maximum atomic E-state index is 13.3. The largest absolute Gasteiger partial charge is 0.351 e. The van der Waals surface area contributed by atoms with Crippen molar-refractivity contribution in [2.45, 2.75) is 6.42 Å². The first kappa shape index (κ1) is 22.3. The zero-order chi connectivity index (χ0) is 25.7. The molecule has 0 fully saturated rings. The third kappa shape index (κ3) is 3.65. The van der Waals surface area contributed by atoms with Crippen LogP contribution in [0.15, 0.2) is 84.9 Å². The number of amides is 4. The van der Waals surface area contributed by atoms with Crippen LogP contribution in [0, 0.1) is 0 Å². The number of para-hydroxylation sites is 2. The van der Waals surface area contributed by atoms with Crippen molar-refractivity contribution >= 4 is 52.7 Å². The molecular weight excluding hydrogens is 464 g/mol. The Hall–Kier alpha value is -5.17. The van der Waals surface area contributed by atoms with Crippen LogP contribution in [0.4, 0.5) is 32.3 Å². The van der Waals surface area contributed by atoms with Gasteiger partial charge < -0.3 is 11.5 Å². The van der Waals surface area contributed by atoms with Crippen LogP contribution in [0.1, 0.15) is 27.0 Å². The highest BCUT2D eigenvalue weighted by Crippen LogP contribution is 2.40. The molecule has 0 aliphatic carbocycles. The number of hydrogen-bond donors (Lipinski definition) is 2. The number of carbonyl (C=O) groups is 3. The van der Waals surface area contributed by atoms with Gasteiger partial charge in [-0.1, -0.05) is 60.7 Å². The first-order chi connectivity index (χ1) is 17.9. The van der Waals surface area contributed by atoms with Crippen molar-refractivity contribution < 1.29 is 14.4 Å². The number of primary amides is 2. The second kappa shape index (κ2) is 8.49. The summed E-state index contributed by atoms with van der Waals surface area (Å²) in [6.07, 6.45) is 4.05. The lowest BCUT2D eigenvalue weighted by atomic mass is 9.96. The summed E-state index contributed by atoms with van der Waals surface area (Å²) in [6, 6.07) is 24.7. The number of nitrogens with zero attached hydrogens (tertiary/aromatic N) is 2. The van der Waals surface area contributed by atoms with E-state index in [0.29, 0.717) is 28.3 Å². The Morgan fingerprint density at radius 2 is 1.19 bits per heavy atom. The number of rotatable bonds is 1. The van der Waals surface area contributed by atoms with E-state index in [0.717, 1.165) is 27.8 Å². The van der Waals surface area contributed by atoms with Gasteiger partial charge in [0.05, 0.1) is 22.7 Å². The molecule has 4 aromatic carbocycles. The van der Waals surface area contributed by atoms with E-state index in [-0.39, 0.29) is 12.2 Å². The van der Waals surface area contributed by atoms with Crippen LogP contribution >= 0.6 is 0 Å². The predicted octanol–water partition coefficient (Wildman–Crippen LogP) is 6.01. The number of carbonyl (C=O) groups excluding carboxylic acids is 3. The number of fused-ring (bicyclic) bond motifs is 4. The lowest BCUT2D eigenvalue weighted by molar-refractivity contribution is 0.0994. The summed E-state index contributed by atoms with van der Waals surface area (Å²) in [5.74, 6) is -0.0990. The molecule has 37 heavy (non-hydrogen) atoms. The van der Waals surface area contributed by atoms with E-state index in [1.807, 2.05) is 78.9 Å². The highest BCUT2D eigenvalue weighted by atomic mass is 16.2. The number of hydrogen-bond acceptors (Lipinski definition) is 3. The molecule has 0 saturated heterocycles. The first-order valence-electron chi connectivity index (χ1n) is 11.8. The molecule has 4 amide bonds. The number of ketones is 1. The Morgan fingerprint density at radius 1 is 0.622 bits per heavy atom. The smallest absolute Gasteiger partial charge is 0.323 e. The third-order valence-electron chi connectivity index (χ3n) is 6.78. The number of anilines is 4. The van der Waals surface area contributed by atoms with Crippen LogP contribution in [0.2, 0.25) is 0 Å². The molecule has 7 heteroatoms. The molecule has 0 saturated carbocycles. The number of Topliss-reactive ketones (excluding diaryl/α,β-unsaturated/α-hetero) is 1. The highest BCUT2D eigenvalue weighted by Gasteiger charge is 2.29. The van der Waals surface area contributed by atoms with Crippen molar-refractivity contribution in [1.29, 1.82) is 0 Å². The Labute approximate surface area is 213 Å². The van der Waals surface area contributed by atoms with Gasteiger partial charge in [-0.2, -0.15) is 0 Å². The fourth-order valence-electron chi connectivity index (χ4n) is 5.10. The molecule has 7 nitrogen and oxygen atoms in total. The van der Waals surface area contributed by atoms with E-state index in [1.54, 1.807) is 18.2 Å². The lowest BCUT2D eigenvalue weighted by Crippen LogP contribution is -2.32. The monoisotopic (exact) mass is 486 g/mol. The molecule has 4 aromatic rings. The Balaban J connectivity index is 1.47. The molecule has 0 spiro atoms. The Kier molecular flexibility index (Phi) is 5.12. The molecule has 4 N–H and O–H groups in total. The maximum Gasteiger partial charge on any atom is 0.323 e. The molecule has 6 rings (SSSR count). The molecule has 0 atom stereocenters. The molecule has 0 unspecified atom stereocenters. The molecule has 2 heterocycles. The van der Waals surface area contributed by atoms with Crippen molar-refractivity contribution in [3.8, 4) is 11.1 Å². The van der Waals surface area contributed by atoms with Crippen molar-refractivity contribution in [1.82, 2.24) is 0 Å². The Bertz CT molecular complexity index is 1660. The summed E-state index contributed by atoms with van der Waals surface area (Å²) in [5, 5.41) is 0. The zero-order valence-electron chi connectivity index (χ0n) is 19.7. The van der Waals surface area contributed by atoms with Gasteiger partial charge in [0, 0.05) is 12.0 Å². The summed E-state index contributed by atoms with van der Waals surface area (Å²) in [4.78, 5) is 41.1. The Morgan fingerprint density at radius 3 is 1.95 bits per heavy atom. The standard InChI is InChI=1S/C30H22N4O3/c31-29(36)33-24-7-3-1-5-18(24)9-10-22-15-19(11-13-26(22)33)20-12-14-27-23(16-20)28(35)17-21-6-2-4-8-25(21)34(27)30(32)37/h1-16H,17H2,(H2,31,36)(H2,32,37). The quantitative estimate of drug-likeness (QED) is 0.344. The second-order valence-corrected chi connectivity index (χ2v) is 8.97. The zero-order valence-corrected chi connectivity index (χ0v) is 19.7. The van der Waals surface area contributed by atoms with Gasteiger partial charge >= 0.3 is 12.1 Å². The molecule has 2 aliphatic rings. The maximum absolute atomic E-state index is 13.3.